The predicted octanol–water partition coefficient (Wildman–Crippen LogP) is 1.21. The number of carbonyl (C=O) groups is 1. The van der Waals surface area contributed by atoms with Gasteiger partial charge in [0.1, 0.15) is 5.60 Å². The molecule has 1 saturated carbocycles. The highest BCUT2D eigenvalue weighted by Crippen LogP contribution is 2.23. The van der Waals surface area contributed by atoms with E-state index in [2.05, 4.69) is 10.6 Å². The second kappa shape index (κ2) is 6.12. The smallest absolute Gasteiger partial charge is 0.407 e. The third kappa shape index (κ3) is 4.85. The maximum absolute atomic E-state index is 11.7. The first-order chi connectivity index (χ1) is 9.66. The van der Waals surface area contributed by atoms with E-state index in [4.69, 9.17) is 4.74 Å². The summed E-state index contributed by atoms with van der Waals surface area (Å²) in [6.07, 6.45) is 2.81. The molecule has 0 aromatic heterocycles. The molecule has 122 valence electrons. The summed E-state index contributed by atoms with van der Waals surface area (Å²) in [6, 6.07) is 0.415. The van der Waals surface area contributed by atoms with Crippen molar-refractivity contribution < 1.29 is 17.9 Å². The van der Waals surface area contributed by atoms with Gasteiger partial charge < -0.3 is 15.4 Å². The van der Waals surface area contributed by atoms with Gasteiger partial charge in [0.15, 0.2) is 9.84 Å². The van der Waals surface area contributed by atoms with E-state index in [-0.39, 0.29) is 17.4 Å². The zero-order valence-electron chi connectivity index (χ0n) is 13.0. The van der Waals surface area contributed by atoms with E-state index in [1.165, 1.54) is 0 Å². The van der Waals surface area contributed by atoms with E-state index in [1.807, 2.05) is 20.8 Å². The van der Waals surface area contributed by atoms with Gasteiger partial charge in [0, 0.05) is 18.6 Å². The van der Waals surface area contributed by atoms with Gasteiger partial charge in [0.05, 0.1) is 11.0 Å². The van der Waals surface area contributed by atoms with Gasteiger partial charge in [-0.05, 0) is 46.5 Å². The van der Waals surface area contributed by atoms with Gasteiger partial charge in [0.2, 0.25) is 0 Å². The second-order valence-electron chi connectivity index (χ2n) is 7.05. The van der Waals surface area contributed by atoms with Crippen LogP contribution in [0.2, 0.25) is 0 Å². The SMILES string of the molecule is CC(C)(C)OC(=O)NC1CC(NCC2CCCS2(=O)=O)C1. The van der Waals surface area contributed by atoms with Gasteiger partial charge in [-0.15, -0.1) is 0 Å². The Labute approximate surface area is 126 Å². The number of hydrogen-bond donors (Lipinski definition) is 2. The molecule has 2 aliphatic rings. The molecule has 0 bridgehead atoms. The Morgan fingerprint density at radius 2 is 1.90 bits per heavy atom. The topological polar surface area (TPSA) is 84.5 Å². The van der Waals surface area contributed by atoms with Crippen LogP contribution >= 0.6 is 0 Å². The zero-order valence-corrected chi connectivity index (χ0v) is 13.8. The monoisotopic (exact) mass is 318 g/mol. The van der Waals surface area contributed by atoms with Crippen LogP contribution in [0.4, 0.5) is 4.79 Å². The highest BCUT2D eigenvalue weighted by Gasteiger charge is 2.35. The molecule has 2 N–H and O–H groups in total. The number of sulfone groups is 1. The van der Waals surface area contributed by atoms with Crippen LogP contribution in [0.3, 0.4) is 0 Å². The molecule has 0 radical (unpaired) electrons. The Morgan fingerprint density at radius 3 is 2.43 bits per heavy atom. The van der Waals surface area contributed by atoms with Crippen molar-refractivity contribution in [2.24, 2.45) is 0 Å². The van der Waals surface area contributed by atoms with Crippen molar-refractivity contribution in [2.45, 2.75) is 69.4 Å². The molecule has 2 rings (SSSR count). The number of amides is 1. The van der Waals surface area contributed by atoms with Crippen LogP contribution in [0.15, 0.2) is 0 Å². The van der Waals surface area contributed by atoms with Crippen LogP contribution < -0.4 is 10.6 Å². The molecule has 1 saturated heterocycles. The summed E-state index contributed by atoms with van der Waals surface area (Å²) >= 11 is 0. The van der Waals surface area contributed by atoms with Crippen molar-refractivity contribution in [2.75, 3.05) is 12.3 Å². The second-order valence-corrected chi connectivity index (χ2v) is 9.45. The summed E-state index contributed by atoms with van der Waals surface area (Å²) in [5.41, 5.74) is -0.484. The van der Waals surface area contributed by atoms with Crippen molar-refractivity contribution in [1.82, 2.24) is 10.6 Å². The predicted molar refractivity (Wildman–Crippen MR) is 81.0 cm³/mol. The highest BCUT2D eigenvalue weighted by molar-refractivity contribution is 7.92. The molecule has 0 spiro atoms. The van der Waals surface area contributed by atoms with Crippen LogP contribution in [0.1, 0.15) is 46.5 Å². The molecule has 1 aliphatic carbocycles. The third-order valence-corrected chi connectivity index (χ3v) is 6.23. The Hall–Kier alpha value is -0.820. The van der Waals surface area contributed by atoms with Crippen LogP contribution in [0, 0.1) is 0 Å². The minimum absolute atomic E-state index is 0.123. The first-order valence-electron chi connectivity index (χ1n) is 7.60. The van der Waals surface area contributed by atoms with E-state index in [9.17, 15) is 13.2 Å². The summed E-state index contributed by atoms with van der Waals surface area (Å²) in [6.45, 7) is 6.03. The lowest BCUT2D eigenvalue weighted by atomic mass is 9.87. The fourth-order valence-electron chi connectivity index (χ4n) is 2.76. The van der Waals surface area contributed by atoms with Gasteiger partial charge >= 0.3 is 6.09 Å². The van der Waals surface area contributed by atoms with Crippen molar-refractivity contribution in [3.8, 4) is 0 Å². The van der Waals surface area contributed by atoms with Gasteiger partial charge in [-0.25, -0.2) is 13.2 Å². The lowest BCUT2D eigenvalue weighted by molar-refractivity contribution is 0.0465. The Morgan fingerprint density at radius 1 is 1.24 bits per heavy atom. The number of rotatable bonds is 4. The minimum Gasteiger partial charge on any atom is -0.444 e. The number of carbonyl (C=O) groups excluding carboxylic acids is 1. The molecular formula is C14H26N2O4S. The molecule has 21 heavy (non-hydrogen) atoms. The van der Waals surface area contributed by atoms with Crippen LogP contribution in [-0.2, 0) is 14.6 Å². The summed E-state index contributed by atoms with van der Waals surface area (Å²) in [7, 11) is -2.87. The molecule has 6 nitrogen and oxygen atoms in total. The zero-order chi connectivity index (χ0) is 15.7. The van der Waals surface area contributed by atoms with Gasteiger partial charge in [-0.2, -0.15) is 0 Å². The molecule has 2 fully saturated rings. The van der Waals surface area contributed by atoms with E-state index >= 15 is 0 Å². The van der Waals surface area contributed by atoms with Crippen molar-refractivity contribution >= 4 is 15.9 Å². The molecule has 1 atom stereocenters. The van der Waals surface area contributed by atoms with E-state index in [0.29, 0.717) is 18.3 Å². The van der Waals surface area contributed by atoms with Crippen molar-refractivity contribution in [3.63, 3.8) is 0 Å². The van der Waals surface area contributed by atoms with Crippen molar-refractivity contribution in [1.29, 1.82) is 0 Å². The number of hydrogen-bond acceptors (Lipinski definition) is 5. The Balaban J connectivity index is 1.63. The molecular weight excluding hydrogens is 292 g/mol. The fraction of sp³-hybridized carbons (Fsp3) is 0.929. The van der Waals surface area contributed by atoms with Crippen LogP contribution in [-0.4, -0.2) is 49.7 Å². The third-order valence-electron chi connectivity index (χ3n) is 3.96. The summed E-state index contributed by atoms with van der Waals surface area (Å²) in [5.74, 6) is 0.326. The molecule has 1 unspecified atom stereocenters. The first kappa shape index (κ1) is 16.5. The number of nitrogens with one attached hydrogen (secondary N) is 2. The highest BCUT2D eigenvalue weighted by atomic mass is 32.2. The first-order valence-corrected chi connectivity index (χ1v) is 9.32. The van der Waals surface area contributed by atoms with E-state index < -0.39 is 15.4 Å². The Bertz CT molecular complexity index is 478. The van der Waals surface area contributed by atoms with Gasteiger partial charge in [-0.3, -0.25) is 0 Å². The molecule has 1 aliphatic heterocycles. The summed E-state index contributed by atoms with van der Waals surface area (Å²) in [5, 5.41) is 5.90. The maximum Gasteiger partial charge on any atom is 0.407 e. The minimum atomic E-state index is -2.87. The molecule has 0 aromatic rings. The lowest BCUT2D eigenvalue weighted by Crippen LogP contribution is -2.54. The quantitative estimate of drug-likeness (QED) is 0.814. The largest absolute Gasteiger partial charge is 0.444 e. The normalized spacial score (nSPS) is 31.5. The van der Waals surface area contributed by atoms with E-state index in [1.54, 1.807) is 0 Å². The van der Waals surface area contributed by atoms with E-state index in [0.717, 1.165) is 25.7 Å². The average molecular weight is 318 g/mol. The lowest BCUT2D eigenvalue weighted by Gasteiger charge is -2.37. The van der Waals surface area contributed by atoms with Crippen LogP contribution in [0.25, 0.3) is 0 Å². The van der Waals surface area contributed by atoms with Gasteiger partial charge in [0.25, 0.3) is 0 Å². The number of ether oxygens (including phenoxy) is 1. The summed E-state index contributed by atoms with van der Waals surface area (Å²) < 4.78 is 28.6. The molecule has 7 heteroatoms. The molecule has 1 heterocycles. The maximum atomic E-state index is 11.7. The van der Waals surface area contributed by atoms with Gasteiger partial charge in [-0.1, -0.05) is 0 Å². The summed E-state index contributed by atoms with van der Waals surface area (Å²) in [4.78, 5) is 11.6. The number of alkyl carbamates (subject to hydrolysis) is 1. The van der Waals surface area contributed by atoms with Crippen LogP contribution in [0.5, 0.6) is 0 Å². The Kier molecular flexibility index (Phi) is 4.82. The molecule has 1 amide bonds. The standard InChI is InChI=1S/C14H26N2O4S/c1-14(2,3)20-13(17)16-11-7-10(8-11)15-9-12-5-4-6-21(12,18)19/h10-12,15H,4-9H2,1-3H3,(H,16,17). The van der Waals surface area contributed by atoms with Crippen molar-refractivity contribution in [3.05, 3.63) is 0 Å². The molecule has 0 aromatic carbocycles. The average Bonchev–Trinajstić information content (AvgIpc) is 2.58. The fourth-order valence-corrected chi connectivity index (χ4v) is 4.54.